The van der Waals surface area contributed by atoms with E-state index in [1.54, 1.807) is 6.20 Å². The molecule has 0 aliphatic rings. The lowest BCUT2D eigenvalue weighted by Crippen LogP contribution is -2.03. The number of hydrogen-bond donors (Lipinski definition) is 0. The van der Waals surface area contributed by atoms with Crippen LogP contribution in [0.1, 0.15) is 28.6 Å². The molecule has 0 aliphatic heterocycles. The highest BCUT2D eigenvalue weighted by Crippen LogP contribution is 2.17. The SMILES string of the molecule is Cc1ccc2nc(Cc3nccc(C)n3)nc(C)c2c1. The largest absolute Gasteiger partial charge is 0.241 e. The lowest BCUT2D eigenvalue weighted by Gasteiger charge is -2.06. The first-order valence-corrected chi connectivity index (χ1v) is 6.64. The van der Waals surface area contributed by atoms with Crippen molar-refractivity contribution in [3.8, 4) is 0 Å². The number of benzene rings is 1. The van der Waals surface area contributed by atoms with Crippen molar-refractivity contribution in [1.29, 1.82) is 0 Å². The average Bonchev–Trinajstić information content (AvgIpc) is 2.40. The minimum Gasteiger partial charge on any atom is -0.241 e. The van der Waals surface area contributed by atoms with E-state index in [0.717, 1.165) is 33.9 Å². The zero-order chi connectivity index (χ0) is 14.1. The summed E-state index contributed by atoms with van der Waals surface area (Å²) < 4.78 is 0. The quantitative estimate of drug-likeness (QED) is 0.714. The fourth-order valence-corrected chi connectivity index (χ4v) is 2.26. The zero-order valence-corrected chi connectivity index (χ0v) is 11.9. The Bertz CT molecular complexity index is 781. The van der Waals surface area contributed by atoms with Gasteiger partial charge in [0.2, 0.25) is 0 Å². The van der Waals surface area contributed by atoms with Gasteiger partial charge in [-0.15, -0.1) is 0 Å². The van der Waals surface area contributed by atoms with E-state index in [-0.39, 0.29) is 0 Å². The molecule has 4 heteroatoms. The minimum atomic E-state index is 0.562. The monoisotopic (exact) mass is 264 g/mol. The molecule has 0 bridgehead atoms. The third-order valence-corrected chi connectivity index (χ3v) is 3.25. The molecule has 4 nitrogen and oxygen atoms in total. The van der Waals surface area contributed by atoms with Crippen LogP contribution in [0, 0.1) is 20.8 Å². The summed E-state index contributed by atoms with van der Waals surface area (Å²) in [6.45, 7) is 6.05. The summed E-state index contributed by atoms with van der Waals surface area (Å²) in [5.74, 6) is 1.53. The fraction of sp³-hybridized carbons (Fsp3) is 0.250. The number of aromatic nitrogens is 4. The van der Waals surface area contributed by atoms with Gasteiger partial charge >= 0.3 is 0 Å². The maximum absolute atomic E-state index is 4.61. The lowest BCUT2D eigenvalue weighted by molar-refractivity contribution is 0.877. The Morgan fingerprint density at radius 3 is 2.55 bits per heavy atom. The second kappa shape index (κ2) is 4.96. The first kappa shape index (κ1) is 12.7. The molecule has 0 amide bonds. The van der Waals surface area contributed by atoms with Gasteiger partial charge in [-0.3, -0.25) is 0 Å². The van der Waals surface area contributed by atoms with Gasteiger partial charge in [0, 0.05) is 23.0 Å². The van der Waals surface area contributed by atoms with Crippen molar-refractivity contribution in [2.24, 2.45) is 0 Å². The topological polar surface area (TPSA) is 51.6 Å². The van der Waals surface area contributed by atoms with Crippen LogP contribution in [0.4, 0.5) is 0 Å². The molecule has 0 N–H and O–H groups in total. The summed E-state index contributed by atoms with van der Waals surface area (Å²) in [6.07, 6.45) is 2.33. The third-order valence-electron chi connectivity index (χ3n) is 3.25. The van der Waals surface area contributed by atoms with Gasteiger partial charge in [-0.25, -0.2) is 19.9 Å². The van der Waals surface area contributed by atoms with Gasteiger partial charge in [-0.1, -0.05) is 11.6 Å². The van der Waals surface area contributed by atoms with Gasteiger partial charge in [0.25, 0.3) is 0 Å². The smallest absolute Gasteiger partial charge is 0.136 e. The minimum absolute atomic E-state index is 0.562. The molecule has 0 radical (unpaired) electrons. The van der Waals surface area contributed by atoms with E-state index in [4.69, 9.17) is 0 Å². The Hall–Kier alpha value is -2.36. The molecule has 2 heterocycles. The summed E-state index contributed by atoms with van der Waals surface area (Å²) >= 11 is 0. The average molecular weight is 264 g/mol. The van der Waals surface area contributed by atoms with E-state index < -0.39 is 0 Å². The van der Waals surface area contributed by atoms with Gasteiger partial charge < -0.3 is 0 Å². The standard InChI is InChI=1S/C16H16N4/c1-10-4-5-14-13(8-10)12(3)19-16(20-14)9-15-17-7-6-11(2)18-15/h4-8H,9H2,1-3H3. The third kappa shape index (κ3) is 2.50. The number of hydrogen-bond acceptors (Lipinski definition) is 4. The molecule has 0 spiro atoms. The molecule has 100 valence electrons. The van der Waals surface area contributed by atoms with Crippen LogP contribution in [0.25, 0.3) is 10.9 Å². The Balaban J connectivity index is 2.02. The van der Waals surface area contributed by atoms with E-state index in [1.165, 1.54) is 5.56 Å². The molecule has 20 heavy (non-hydrogen) atoms. The van der Waals surface area contributed by atoms with Crippen LogP contribution in [-0.4, -0.2) is 19.9 Å². The summed E-state index contributed by atoms with van der Waals surface area (Å²) in [6, 6.07) is 8.12. The highest BCUT2D eigenvalue weighted by Gasteiger charge is 2.07. The van der Waals surface area contributed by atoms with Crippen molar-refractivity contribution in [3.05, 3.63) is 59.1 Å². The van der Waals surface area contributed by atoms with E-state index in [1.807, 2.05) is 26.0 Å². The van der Waals surface area contributed by atoms with Crippen LogP contribution in [0.3, 0.4) is 0 Å². The second-order valence-electron chi connectivity index (χ2n) is 5.04. The Morgan fingerprint density at radius 2 is 1.75 bits per heavy atom. The molecule has 0 saturated carbocycles. The molecule has 0 fully saturated rings. The van der Waals surface area contributed by atoms with Gasteiger partial charge in [0.05, 0.1) is 11.9 Å². The highest BCUT2D eigenvalue weighted by molar-refractivity contribution is 5.81. The molecule has 3 rings (SSSR count). The van der Waals surface area contributed by atoms with Crippen LogP contribution in [0.2, 0.25) is 0 Å². The van der Waals surface area contributed by atoms with Crippen molar-refractivity contribution in [2.75, 3.05) is 0 Å². The summed E-state index contributed by atoms with van der Waals surface area (Å²) in [5.41, 5.74) is 4.16. The zero-order valence-electron chi connectivity index (χ0n) is 11.9. The summed E-state index contributed by atoms with van der Waals surface area (Å²) in [5, 5.41) is 1.11. The van der Waals surface area contributed by atoms with E-state index in [9.17, 15) is 0 Å². The fourth-order valence-electron chi connectivity index (χ4n) is 2.26. The maximum Gasteiger partial charge on any atom is 0.136 e. The van der Waals surface area contributed by atoms with Gasteiger partial charge in [0.1, 0.15) is 11.6 Å². The van der Waals surface area contributed by atoms with E-state index in [2.05, 4.69) is 39.0 Å². The second-order valence-corrected chi connectivity index (χ2v) is 5.04. The van der Waals surface area contributed by atoms with Crippen molar-refractivity contribution < 1.29 is 0 Å². The number of fused-ring (bicyclic) bond motifs is 1. The van der Waals surface area contributed by atoms with Crippen molar-refractivity contribution in [1.82, 2.24) is 19.9 Å². The maximum atomic E-state index is 4.61. The van der Waals surface area contributed by atoms with Crippen LogP contribution in [0.5, 0.6) is 0 Å². The molecule has 0 aliphatic carbocycles. The lowest BCUT2D eigenvalue weighted by atomic mass is 10.1. The normalized spacial score (nSPS) is 10.9. The molecular weight excluding hydrogens is 248 g/mol. The number of aryl methyl sites for hydroxylation is 3. The molecule has 0 atom stereocenters. The highest BCUT2D eigenvalue weighted by atomic mass is 14.9. The van der Waals surface area contributed by atoms with Gasteiger partial charge in [-0.2, -0.15) is 0 Å². The molecule has 2 aromatic heterocycles. The summed E-state index contributed by atoms with van der Waals surface area (Å²) in [7, 11) is 0. The van der Waals surface area contributed by atoms with Gasteiger partial charge in [-0.05, 0) is 39.0 Å². The van der Waals surface area contributed by atoms with E-state index in [0.29, 0.717) is 6.42 Å². The number of nitrogens with zero attached hydrogens (tertiary/aromatic N) is 4. The van der Waals surface area contributed by atoms with Crippen LogP contribution < -0.4 is 0 Å². The van der Waals surface area contributed by atoms with Crippen LogP contribution in [0.15, 0.2) is 30.5 Å². The van der Waals surface area contributed by atoms with Gasteiger partial charge in [0.15, 0.2) is 0 Å². The summed E-state index contributed by atoms with van der Waals surface area (Å²) in [4.78, 5) is 17.9. The molecule has 0 saturated heterocycles. The van der Waals surface area contributed by atoms with Crippen LogP contribution in [-0.2, 0) is 6.42 Å². The van der Waals surface area contributed by atoms with Crippen molar-refractivity contribution >= 4 is 10.9 Å². The Morgan fingerprint density at radius 1 is 0.900 bits per heavy atom. The van der Waals surface area contributed by atoms with E-state index >= 15 is 0 Å². The predicted molar refractivity (Wildman–Crippen MR) is 78.6 cm³/mol. The Kier molecular flexibility index (Phi) is 3.14. The molecular formula is C16H16N4. The first-order chi connectivity index (χ1) is 9.61. The predicted octanol–water partition coefficient (Wildman–Crippen LogP) is 2.94. The van der Waals surface area contributed by atoms with Crippen LogP contribution >= 0.6 is 0 Å². The molecule has 0 unspecified atom stereocenters. The van der Waals surface area contributed by atoms with Crippen molar-refractivity contribution in [3.63, 3.8) is 0 Å². The first-order valence-electron chi connectivity index (χ1n) is 6.64. The number of rotatable bonds is 2. The molecule has 3 aromatic rings. The Labute approximate surface area is 118 Å². The molecule has 1 aromatic carbocycles. The van der Waals surface area contributed by atoms with Crippen molar-refractivity contribution in [2.45, 2.75) is 27.2 Å².